The number of amides is 2. The third-order valence-electron chi connectivity index (χ3n) is 4.58. The number of ether oxygens (including phenoxy) is 1. The number of methoxy groups -OCH3 is 1. The maximum atomic E-state index is 13.0. The second kappa shape index (κ2) is 9.71. The molecule has 0 bridgehead atoms. The first-order valence-corrected chi connectivity index (χ1v) is 11.1. The van der Waals surface area contributed by atoms with Crippen molar-refractivity contribution < 1.29 is 22.7 Å². The van der Waals surface area contributed by atoms with Gasteiger partial charge in [-0.3, -0.25) is 24.7 Å². The van der Waals surface area contributed by atoms with E-state index in [1.54, 1.807) is 42.5 Å². The molecule has 0 fully saturated rings. The lowest BCUT2D eigenvalue weighted by Gasteiger charge is -2.21. The predicted molar refractivity (Wildman–Crippen MR) is 121 cm³/mol. The maximum absolute atomic E-state index is 13.0. The number of sulfonamides is 1. The fraction of sp³-hybridized carbons (Fsp3) is 0.0909. The summed E-state index contributed by atoms with van der Waals surface area (Å²) < 4.78 is 32.3. The number of hydrazine groups is 1. The molecule has 0 atom stereocenters. The average molecular weight is 474 g/mol. The highest BCUT2D eigenvalue weighted by Crippen LogP contribution is 2.30. The molecular weight excluding hydrogens is 454 g/mol. The Kier molecular flexibility index (Phi) is 7.01. The first-order chi connectivity index (χ1) is 15.2. The van der Waals surface area contributed by atoms with Crippen LogP contribution in [-0.2, 0) is 10.0 Å². The number of carbonyl (C=O) groups is 2. The van der Waals surface area contributed by atoms with Crippen molar-refractivity contribution in [1.29, 1.82) is 0 Å². The van der Waals surface area contributed by atoms with Gasteiger partial charge in [-0.25, -0.2) is 8.42 Å². The van der Waals surface area contributed by atoms with E-state index in [0.29, 0.717) is 16.5 Å². The molecule has 2 N–H and O–H groups in total. The van der Waals surface area contributed by atoms with E-state index in [-0.39, 0.29) is 16.0 Å². The largest absolute Gasteiger partial charge is 0.495 e. The third kappa shape index (κ3) is 5.01. The van der Waals surface area contributed by atoms with E-state index in [1.807, 2.05) is 0 Å². The van der Waals surface area contributed by atoms with Gasteiger partial charge < -0.3 is 4.74 Å². The fourth-order valence-corrected chi connectivity index (χ4v) is 4.24. The standard InChI is InChI=1S/C22H20ClN3O5S/c1-26(19-8-3-4-9-20(19)31-2)32(29,30)18-12-10-15(11-13-18)21(27)24-25-22(28)16-6-5-7-17(23)14-16/h3-14H,1-2H3,(H,24,27)(H,25,28). The number of anilines is 1. The molecule has 3 aromatic rings. The zero-order valence-corrected chi connectivity index (χ0v) is 18.8. The smallest absolute Gasteiger partial charge is 0.269 e. The number of nitrogens with zero attached hydrogens (tertiary/aromatic N) is 1. The van der Waals surface area contributed by atoms with Gasteiger partial charge in [0.25, 0.3) is 21.8 Å². The van der Waals surface area contributed by atoms with Crippen molar-refractivity contribution in [1.82, 2.24) is 10.9 Å². The normalized spacial score (nSPS) is 10.8. The van der Waals surface area contributed by atoms with Gasteiger partial charge in [-0.1, -0.05) is 29.8 Å². The van der Waals surface area contributed by atoms with Crippen molar-refractivity contribution in [2.24, 2.45) is 0 Å². The Morgan fingerprint density at radius 1 is 0.875 bits per heavy atom. The molecule has 3 aromatic carbocycles. The molecule has 0 aromatic heterocycles. The lowest BCUT2D eigenvalue weighted by molar-refractivity contribution is 0.0846. The minimum Gasteiger partial charge on any atom is -0.495 e. The second-order valence-corrected chi connectivity index (χ2v) is 8.99. The molecule has 0 aliphatic rings. The molecule has 0 saturated heterocycles. The van der Waals surface area contributed by atoms with E-state index in [0.717, 1.165) is 4.31 Å². The lowest BCUT2D eigenvalue weighted by Crippen LogP contribution is -2.41. The molecule has 166 valence electrons. The summed E-state index contributed by atoms with van der Waals surface area (Å²) >= 11 is 5.85. The molecule has 10 heteroatoms. The predicted octanol–water partition coefficient (Wildman–Crippen LogP) is 3.25. The zero-order valence-electron chi connectivity index (χ0n) is 17.2. The number of rotatable bonds is 6. The minimum atomic E-state index is -3.89. The van der Waals surface area contributed by atoms with Crippen LogP contribution in [0.1, 0.15) is 20.7 Å². The molecule has 0 radical (unpaired) electrons. The van der Waals surface area contributed by atoms with E-state index in [2.05, 4.69) is 10.9 Å². The summed E-state index contributed by atoms with van der Waals surface area (Å²) in [6.07, 6.45) is 0. The Labute approximate surface area is 190 Å². The summed E-state index contributed by atoms with van der Waals surface area (Å²) in [7, 11) is -1.02. The molecule has 0 aliphatic carbocycles. The van der Waals surface area contributed by atoms with Gasteiger partial charge in [0.05, 0.1) is 17.7 Å². The molecule has 0 unspecified atom stereocenters. The van der Waals surface area contributed by atoms with Gasteiger partial charge >= 0.3 is 0 Å². The molecule has 8 nitrogen and oxygen atoms in total. The number of para-hydroxylation sites is 2. The van der Waals surface area contributed by atoms with Gasteiger partial charge in [0.15, 0.2) is 0 Å². The Morgan fingerprint density at radius 3 is 2.12 bits per heavy atom. The number of hydrogen-bond acceptors (Lipinski definition) is 5. The zero-order chi connectivity index (χ0) is 23.3. The van der Waals surface area contributed by atoms with Crippen LogP contribution in [0.5, 0.6) is 5.75 Å². The van der Waals surface area contributed by atoms with Crippen molar-refractivity contribution in [3.05, 3.63) is 88.9 Å². The quantitative estimate of drug-likeness (QED) is 0.535. The van der Waals surface area contributed by atoms with Gasteiger partial charge in [-0.15, -0.1) is 0 Å². The minimum absolute atomic E-state index is 0.00887. The first-order valence-electron chi connectivity index (χ1n) is 9.32. The highest BCUT2D eigenvalue weighted by Gasteiger charge is 2.24. The van der Waals surface area contributed by atoms with Crippen molar-refractivity contribution in [2.75, 3.05) is 18.5 Å². The highest BCUT2D eigenvalue weighted by molar-refractivity contribution is 7.92. The highest BCUT2D eigenvalue weighted by atomic mass is 35.5. The number of carbonyl (C=O) groups excluding carboxylic acids is 2. The molecular formula is C22H20ClN3O5S. The van der Waals surface area contributed by atoms with Crippen LogP contribution >= 0.6 is 11.6 Å². The molecule has 0 aliphatic heterocycles. The number of halogens is 1. The molecule has 3 rings (SSSR count). The summed E-state index contributed by atoms with van der Waals surface area (Å²) in [6, 6.07) is 18.3. The van der Waals surface area contributed by atoms with Gasteiger partial charge in [0, 0.05) is 23.2 Å². The summed E-state index contributed by atoms with van der Waals surface area (Å²) in [4.78, 5) is 24.4. The van der Waals surface area contributed by atoms with Crippen LogP contribution in [-0.4, -0.2) is 34.4 Å². The summed E-state index contributed by atoms with van der Waals surface area (Å²) in [5.74, 6) is -0.745. The van der Waals surface area contributed by atoms with Crippen LogP contribution < -0.4 is 19.9 Å². The van der Waals surface area contributed by atoms with Crippen LogP contribution in [0.3, 0.4) is 0 Å². The van der Waals surface area contributed by atoms with Crippen LogP contribution in [0.2, 0.25) is 5.02 Å². The Balaban J connectivity index is 1.71. The van der Waals surface area contributed by atoms with Crippen LogP contribution in [0.15, 0.2) is 77.7 Å². The lowest BCUT2D eigenvalue weighted by atomic mass is 10.2. The molecule has 0 spiro atoms. The maximum Gasteiger partial charge on any atom is 0.269 e. The average Bonchev–Trinajstić information content (AvgIpc) is 2.81. The summed E-state index contributed by atoms with van der Waals surface area (Å²) in [5.41, 5.74) is 5.38. The van der Waals surface area contributed by atoms with E-state index in [9.17, 15) is 18.0 Å². The fourth-order valence-electron chi connectivity index (χ4n) is 2.84. The Morgan fingerprint density at radius 2 is 1.50 bits per heavy atom. The molecule has 0 saturated carbocycles. The van der Waals surface area contributed by atoms with Crippen LogP contribution in [0.4, 0.5) is 5.69 Å². The SMILES string of the molecule is COc1ccccc1N(C)S(=O)(=O)c1ccc(C(=O)NNC(=O)c2cccc(Cl)c2)cc1. The van der Waals surface area contributed by atoms with Crippen LogP contribution in [0, 0.1) is 0 Å². The van der Waals surface area contributed by atoms with Crippen molar-refractivity contribution >= 4 is 39.1 Å². The number of hydrogen-bond donors (Lipinski definition) is 2. The van der Waals surface area contributed by atoms with E-state index in [1.165, 1.54) is 44.5 Å². The van der Waals surface area contributed by atoms with E-state index >= 15 is 0 Å². The van der Waals surface area contributed by atoms with Gasteiger partial charge in [0.2, 0.25) is 0 Å². The summed E-state index contributed by atoms with van der Waals surface area (Å²) in [5, 5.41) is 0.388. The number of nitrogens with one attached hydrogen (secondary N) is 2. The molecule has 0 heterocycles. The molecule has 32 heavy (non-hydrogen) atoms. The number of benzene rings is 3. The van der Waals surface area contributed by atoms with Crippen LogP contribution in [0.25, 0.3) is 0 Å². The Bertz CT molecular complexity index is 1250. The van der Waals surface area contributed by atoms with Gasteiger partial charge in [0.1, 0.15) is 5.75 Å². The third-order valence-corrected chi connectivity index (χ3v) is 6.60. The Hall–Kier alpha value is -3.56. The second-order valence-electron chi connectivity index (χ2n) is 6.59. The summed E-state index contributed by atoms with van der Waals surface area (Å²) in [6.45, 7) is 0. The van der Waals surface area contributed by atoms with Gasteiger partial charge in [-0.2, -0.15) is 0 Å². The molecule has 2 amide bonds. The van der Waals surface area contributed by atoms with Crippen molar-refractivity contribution in [3.63, 3.8) is 0 Å². The first kappa shape index (κ1) is 23.1. The van der Waals surface area contributed by atoms with Crippen molar-refractivity contribution in [2.45, 2.75) is 4.90 Å². The monoisotopic (exact) mass is 473 g/mol. The van der Waals surface area contributed by atoms with Crippen molar-refractivity contribution in [3.8, 4) is 5.75 Å². The van der Waals surface area contributed by atoms with Gasteiger partial charge in [-0.05, 0) is 54.6 Å². The topological polar surface area (TPSA) is 105 Å². The van der Waals surface area contributed by atoms with E-state index in [4.69, 9.17) is 16.3 Å². The van der Waals surface area contributed by atoms with E-state index < -0.39 is 21.8 Å².